The van der Waals surface area contributed by atoms with Crippen molar-refractivity contribution in [3.8, 4) is 23.3 Å². The predicted molar refractivity (Wildman–Crippen MR) is 84.6 cm³/mol. The van der Waals surface area contributed by atoms with E-state index < -0.39 is 17.6 Å². The van der Waals surface area contributed by atoms with E-state index in [1.54, 1.807) is 0 Å². The summed E-state index contributed by atoms with van der Waals surface area (Å²) in [5, 5.41) is 20.8. The summed E-state index contributed by atoms with van der Waals surface area (Å²) < 4.78 is 33.4. The van der Waals surface area contributed by atoms with Crippen molar-refractivity contribution in [2.75, 3.05) is 7.11 Å². The second-order valence-electron chi connectivity index (χ2n) is 4.76. The quantitative estimate of drug-likeness (QED) is 0.509. The Morgan fingerprint density at radius 2 is 1.88 bits per heavy atom. The molecule has 130 valence electrons. The van der Waals surface area contributed by atoms with Crippen LogP contribution in [0.2, 0.25) is 0 Å². The predicted octanol–water partition coefficient (Wildman–Crippen LogP) is 3.29. The van der Waals surface area contributed by atoms with Gasteiger partial charge in [-0.1, -0.05) is 24.0 Å². The maximum Gasteiger partial charge on any atom is 0.387 e. The molecule has 2 aromatic rings. The molecule has 8 heteroatoms. The minimum absolute atomic E-state index is 0.0315. The lowest BCUT2D eigenvalue weighted by Crippen LogP contribution is -2.02. The number of methoxy groups -OCH3 is 1. The molecule has 25 heavy (non-hydrogen) atoms. The van der Waals surface area contributed by atoms with Gasteiger partial charge in [0.25, 0.3) is 5.69 Å². The summed E-state index contributed by atoms with van der Waals surface area (Å²) in [4.78, 5) is 10.2. The number of halogens is 2. The lowest BCUT2D eigenvalue weighted by atomic mass is 10.1. The highest BCUT2D eigenvalue weighted by atomic mass is 19.3. The summed E-state index contributed by atoms with van der Waals surface area (Å²) in [7, 11) is 1.35. The molecule has 0 bridgehead atoms. The van der Waals surface area contributed by atoms with Crippen molar-refractivity contribution in [3.05, 3.63) is 63.7 Å². The van der Waals surface area contributed by atoms with Crippen LogP contribution in [0.4, 0.5) is 14.5 Å². The zero-order chi connectivity index (χ0) is 18.4. The van der Waals surface area contributed by atoms with Crippen LogP contribution in [0.3, 0.4) is 0 Å². The van der Waals surface area contributed by atoms with Gasteiger partial charge in [0.1, 0.15) is 17.6 Å². The molecular weight excluding hydrogens is 336 g/mol. The summed E-state index contributed by atoms with van der Waals surface area (Å²) in [5.74, 6) is 5.41. The van der Waals surface area contributed by atoms with Gasteiger partial charge in [-0.2, -0.15) is 8.78 Å². The highest BCUT2D eigenvalue weighted by Crippen LogP contribution is 2.24. The summed E-state index contributed by atoms with van der Waals surface area (Å²) >= 11 is 0. The second-order valence-corrected chi connectivity index (χ2v) is 4.76. The first kappa shape index (κ1) is 18.2. The summed E-state index contributed by atoms with van der Waals surface area (Å²) in [6.45, 7) is -2.93. The van der Waals surface area contributed by atoms with Crippen molar-refractivity contribution < 1.29 is 28.3 Å². The molecular formula is C17H13F2NO5. The number of nitro groups is 1. The molecule has 0 heterocycles. The van der Waals surface area contributed by atoms with Gasteiger partial charge in [0.2, 0.25) is 0 Å². The number of alkyl halides is 2. The fourth-order valence-electron chi connectivity index (χ4n) is 1.96. The molecule has 0 spiro atoms. The third-order valence-corrected chi connectivity index (χ3v) is 3.16. The number of aliphatic hydroxyl groups excluding tert-OH is 1. The van der Waals surface area contributed by atoms with Crippen LogP contribution in [-0.2, 0) is 0 Å². The first-order chi connectivity index (χ1) is 11.9. The van der Waals surface area contributed by atoms with E-state index in [9.17, 15) is 24.0 Å². The van der Waals surface area contributed by atoms with Crippen molar-refractivity contribution in [2.45, 2.75) is 12.7 Å². The molecule has 0 aliphatic rings. The van der Waals surface area contributed by atoms with E-state index in [1.807, 2.05) is 0 Å². The maximum atomic E-state index is 12.1. The van der Waals surface area contributed by atoms with Gasteiger partial charge in [-0.05, 0) is 23.8 Å². The zero-order valence-electron chi connectivity index (χ0n) is 13.0. The number of ether oxygens (including phenoxy) is 2. The van der Waals surface area contributed by atoms with Crippen molar-refractivity contribution in [1.29, 1.82) is 0 Å². The standard InChI is InChI=1S/C17H13F2NO5/c1-24-16-10-13(20(22)23)6-2-12(16)5-9-15(21)11-3-7-14(8-4-11)25-17(18)19/h2-4,6-8,10,15,17,21H,1H3. The van der Waals surface area contributed by atoms with Gasteiger partial charge < -0.3 is 14.6 Å². The monoisotopic (exact) mass is 349 g/mol. The minimum Gasteiger partial charge on any atom is -0.495 e. The molecule has 0 aliphatic carbocycles. The van der Waals surface area contributed by atoms with Gasteiger partial charge in [-0.25, -0.2) is 0 Å². The van der Waals surface area contributed by atoms with Crippen LogP contribution in [0.5, 0.6) is 11.5 Å². The zero-order valence-corrected chi connectivity index (χ0v) is 13.0. The van der Waals surface area contributed by atoms with E-state index in [1.165, 1.54) is 49.6 Å². The van der Waals surface area contributed by atoms with Crippen molar-refractivity contribution in [3.63, 3.8) is 0 Å². The Bertz CT molecular complexity index is 812. The average molecular weight is 349 g/mol. The van der Waals surface area contributed by atoms with Gasteiger partial charge in [0, 0.05) is 6.07 Å². The number of nitrogens with zero attached hydrogens (tertiary/aromatic N) is 1. The van der Waals surface area contributed by atoms with E-state index in [0.29, 0.717) is 11.1 Å². The van der Waals surface area contributed by atoms with Gasteiger partial charge >= 0.3 is 6.61 Å². The van der Waals surface area contributed by atoms with Crippen LogP contribution in [0.15, 0.2) is 42.5 Å². The summed E-state index contributed by atoms with van der Waals surface area (Å²) in [5.41, 5.74) is 0.609. The molecule has 0 fully saturated rings. The average Bonchev–Trinajstić information content (AvgIpc) is 2.59. The molecule has 0 radical (unpaired) electrons. The normalized spacial score (nSPS) is 11.4. The van der Waals surface area contributed by atoms with E-state index in [-0.39, 0.29) is 17.2 Å². The number of non-ortho nitro benzene ring substituents is 1. The Morgan fingerprint density at radius 1 is 1.20 bits per heavy atom. The minimum atomic E-state index is -2.93. The number of aliphatic hydroxyl groups is 1. The third-order valence-electron chi connectivity index (χ3n) is 3.16. The van der Waals surface area contributed by atoms with Gasteiger partial charge in [-0.15, -0.1) is 0 Å². The number of hydrogen-bond acceptors (Lipinski definition) is 5. The Balaban J connectivity index is 2.18. The smallest absolute Gasteiger partial charge is 0.387 e. The lowest BCUT2D eigenvalue weighted by molar-refractivity contribution is -0.384. The van der Waals surface area contributed by atoms with E-state index in [4.69, 9.17) is 4.74 Å². The van der Waals surface area contributed by atoms with Crippen molar-refractivity contribution in [1.82, 2.24) is 0 Å². The SMILES string of the molecule is COc1cc([N+](=O)[O-])ccc1C#CC(O)c1ccc(OC(F)F)cc1. The highest BCUT2D eigenvalue weighted by molar-refractivity contribution is 5.52. The first-order valence-electron chi connectivity index (χ1n) is 6.97. The van der Waals surface area contributed by atoms with E-state index >= 15 is 0 Å². The Hall–Kier alpha value is -3.18. The number of nitro benzene ring substituents is 1. The topological polar surface area (TPSA) is 81.8 Å². The molecule has 2 aromatic carbocycles. The third kappa shape index (κ3) is 4.89. The molecule has 0 saturated carbocycles. The van der Waals surface area contributed by atoms with Crippen LogP contribution in [-0.4, -0.2) is 23.8 Å². The molecule has 1 atom stereocenters. The molecule has 0 amide bonds. The molecule has 0 aliphatic heterocycles. The molecule has 1 unspecified atom stereocenters. The first-order valence-corrected chi connectivity index (χ1v) is 6.97. The van der Waals surface area contributed by atoms with Gasteiger partial charge in [0.05, 0.1) is 23.7 Å². The van der Waals surface area contributed by atoms with E-state index in [0.717, 1.165) is 0 Å². The van der Waals surface area contributed by atoms with Gasteiger partial charge in [-0.3, -0.25) is 10.1 Å². The molecule has 0 saturated heterocycles. The summed E-state index contributed by atoms with van der Waals surface area (Å²) in [6, 6.07) is 9.31. The Kier molecular flexibility index (Phi) is 5.87. The largest absolute Gasteiger partial charge is 0.495 e. The molecule has 0 aromatic heterocycles. The maximum absolute atomic E-state index is 12.1. The molecule has 1 N–H and O–H groups in total. The fourth-order valence-corrected chi connectivity index (χ4v) is 1.96. The fraction of sp³-hybridized carbons (Fsp3) is 0.176. The van der Waals surface area contributed by atoms with Crippen LogP contribution in [0, 0.1) is 22.0 Å². The second kappa shape index (κ2) is 8.08. The van der Waals surface area contributed by atoms with Crippen LogP contribution >= 0.6 is 0 Å². The van der Waals surface area contributed by atoms with Crippen molar-refractivity contribution in [2.24, 2.45) is 0 Å². The molecule has 2 rings (SSSR count). The number of benzene rings is 2. The van der Waals surface area contributed by atoms with Crippen LogP contribution in [0.1, 0.15) is 17.2 Å². The van der Waals surface area contributed by atoms with Crippen LogP contribution in [0.25, 0.3) is 0 Å². The number of rotatable bonds is 5. The van der Waals surface area contributed by atoms with Gasteiger partial charge in [0.15, 0.2) is 0 Å². The Morgan fingerprint density at radius 3 is 2.44 bits per heavy atom. The van der Waals surface area contributed by atoms with E-state index in [2.05, 4.69) is 16.6 Å². The summed E-state index contributed by atoms with van der Waals surface area (Å²) in [6.07, 6.45) is -1.18. The van der Waals surface area contributed by atoms with Crippen molar-refractivity contribution >= 4 is 5.69 Å². The molecule has 6 nitrogen and oxygen atoms in total. The lowest BCUT2D eigenvalue weighted by Gasteiger charge is -2.07. The Labute approximate surface area is 141 Å². The van der Waals surface area contributed by atoms with Crippen LogP contribution < -0.4 is 9.47 Å². The number of hydrogen-bond donors (Lipinski definition) is 1. The highest BCUT2D eigenvalue weighted by Gasteiger charge is 2.11.